The number of halogens is 2. The summed E-state index contributed by atoms with van der Waals surface area (Å²) >= 11 is 3.41. The summed E-state index contributed by atoms with van der Waals surface area (Å²) in [6.07, 6.45) is 0.778. The molecule has 0 aliphatic carbocycles. The predicted octanol–water partition coefficient (Wildman–Crippen LogP) is 5.69. The van der Waals surface area contributed by atoms with Gasteiger partial charge in [-0.15, -0.1) is 0 Å². The van der Waals surface area contributed by atoms with Crippen LogP contribution in [0.25, 0.3) is 0 Å². The summed E-state index contributed by atoms with van der Waals surface area (Å²) in [5, 5.41) is 9.01. The summed E-state index contributed by atoms with van der Waals surface area (Å²) in [5.41, 5.74) is 0.848. The molecule has 2 aromatic carbocycles. The minimum atomic E-state index is -0.892. The molecule has 6 heteroatoms. The molecule has 0 spiro atoms. The molecule has 1 fully saturated rings. The molecule has 0 unspecified atom stereocenters. The number of rotatable bonds is 5. The van der Waals surface area contributed by atoms with Crippen molar-refractivity contribution in [2.45, 2.75) is 37.8 Å². The van der Waals surface area contributed by atoms with Gasteiger partial charge in [0.25, 0.3) is 0 Å². The van der Waals surface area contributed by atoms with E-state index in [9.17, 15) is 9.18 Å². The topological polar surface area (TPSA) is 53.3 Å². The van der Waals surface area contributed by atoms with Crippen LogP contribution in [0.5, 0.6) is 0 Å². The molecule has 0 radical (unpaired) electrons. The third-order valence-electron chi connectivity index (χ3n) is 5.10. The minimum Gasteiger partial charge on any atom is -0.438 e. The molecule has 1 aliphatic heterocycles. The fourth-order valence-corrected chi connectivity index (χ4v) is 3.74. The van der Waals surface area contributed by atoms with E-state index in [1.165, 1.54) is 12.1 Å². The van der Waals surface area contributed by atoms with Crippen LogP contribution < -0.4 is 0 Å². The smallest absolute Gasteiger partial charge is 0.411 e. The van der Waals surface area contributed by atoms with Crippen molar-refractivity contribution < 1.29 is 13.9 Å². The van der Waals surface area contributed by atoms with Crippen molar-refractivity contribution in [2.75, 3.05) is 6.54 Å². The molecule has 1 saturated heterocycles. The quantitative estimate of drug-likeness (QED) is 0.611. The molecule has 2 atom stereocenters. The van der Waals surface area contributed by atoms with Crippen LogP contribution in [0, 0.1) is 17.1 Å². The zero-order chi connectivity index (χ0) is 19.4. The summed E-state index contributed by atoms with van der Waals surface area (Å²) in [7, 11) is 0. The average molecular weight is 431 g/mol. The zero-order valence-electron chi connectivity index (χ0n) is 15.0. The Balaban J connectivity index is 1.83. The minimum absolute atomic E-state index is 0.132. The number of hydrogen-bond acceptors (Lipinski definition) is 3. The van der Waals surface area contributed by atoms with Gasteiger partial charge in [-0.3, -0.25) is 0 Å². The van der Waals surface area contributed by atoms with Gasteiger partial charge in [0, 0.05) is 30.3 Å². The third kappa shape index (κ3) is 4.14. The Bertz CT molecular complexity index is 848. The van der Waals surface area contributed by atoms with Crippen molar-refractivity contribution in [1.82, 2.24) is 4.90 Å². The Labute approximate surface area is 166 Å². The normalized spacial score (nSPS) is 20.7. The van der Waals surface area contributed by atoms with E-state index in [0.29, 0.717) is 19.4 Å². The van der Waals surface area contributed by atoms with Gasteiger partial charge in [-0.1, -0.05) is 40.2 Å². The lowest BCUT2D eigenvalue weighted by molar-refractivity contribution is -0.0647. The average Bonchev–Trinajstić information content (AvgIpc) is 2.67. The van der Waals surface area contributed by atoms with Gasteiger partial charge < -0.3 is 9.64 Å². The lowest BCUT2D eigenvalue weighted by atomic mass is 9.84. The van der Waals surface area contributed by atoms with Gasteiger partial charge >= 0.3 is 6.09 Å². The molecule has 0 bridgehead atoms. The molecular weight excluding hydrogens is 411 g/mol. The van der Waals surface area contributed by atoms with Gasteiger partial charge in [0.15, 0.2) is 0 Å². The first-order valence-electron chi connectivity index (χ1n) is 8.83. The molecule has 0 aromatic heterocycles. The van der Waals surface area contributed by atoms with Gasteiger partial charge in [0.05, 0.1) is 12.1 Å². The molecule has 1 amide bonds. The summed E-state index contributed by atoms with van der Waals surface area (Å²) < 4.78 is 20.2. The molecular formula is C21H20BrFN2O2. The van der Waals surface area contributed by atoms with Gasteiger partial charge in [0.2, 0.25) is 0 Å². The fraction of sp³-hybridized carbons (Fsp3) is 0.333. The molecule has 27 heavy (non-hydrogen) atoms. The second-order valence-electron chi connectivity index (χ2n) is 6.70. The second kappa shape index (κ2) is 8.10. The lowest BCUT2D eigenvalue weighted by Crippen LogP contribution is -2.48. The Kier molecular flexibility index (Phi) is 5.81. The number of benzene rings is 2. The van der Waals surface area contributed by atoms with E-state index in [1.54, 1.807) is 17.0 Å². The Morgan fingerprint density at radius 2 is 1.93 bits per heavy atom. The highest BCUT2D eigenvalue weighted by Gasteiger charge is 2.43. The molecule has 0 saturated carbocycles. The highest BCUT2D eigenvalue weighted by Crippen LogP contribution is 2.40. The first kappa shape index (κ1) is 19.4. The van der Waals surface area contributed by atoms with Crippen molar-refractivity contribution >= 4 is 22.0 Å². The van der Waals surface area contributed by atoms with Crippen molar-refractivity contribution in [3.8, 4) is 6.07 Å². The first-order valence-corrected chi connectivity index (χ1v) is 9.62. The number of nitrogens with zero attached hydrogens (tertiary/aromatic N) is 2. The van der Waals surface area contributed by atoms with Crippen molar-refractivity contribution in [3.63, 3.8) is 0 Å². The van der Waals surface area contributed by atoms with Crippen molar-refractivity contribution in [2.24, 2.45) is 0 Å². The number of carbonyl (C=O) groups excluding carboxylic acids is 1. The predicted molar refractivity (Wildman–Crippen MR) is 103 cm³/mol. The van der Waals surface area contributed by atoms with Crippen LogP contribution in [0.4, 0.5) is 9.18 Å². The Morgan fingerprint density at radius 3 is 2.52 bits per heavy atom. The fourth-order valence-electron chi connectivity index (χ4n) is 3.48. The van der Waals surface area contributed by atoms with Crippen LogP contribution in [0.1, 0.15) is 43.4 Å². The van der Waals surface area contributed by atoms with Gasteiger partial charge in [-0.05, 0) is 42.3 Å². The molecule has 140 valence electrons. The van der Waals surface area contributed by atoms with Crippen molar-refractivity contribution in [3.05, 3.63) is 69.9 Å². The Morgan fingerprint density at radius 1 is 1.26 bits per heavy atom. The van der Waals surface area contributed by atoms with E-state index in [4.69, 9.17) is 10.00 Å². The van der Waals surface area contributed by atoms with E-state index in [2.05, 4.69) is 22.0 Å². The van der Waals surface area contributed by atoms with E-state index in [0.717, 1.165) is 15.6 Å². The summed E-state index contributed by atoms with van der Waals surface area (Å²) in [6.45, 7) is 2.46. The molecule has 2 aromatic rings. The molecule has 0 N–H and O–H groups in total. The number of cyclic esters (lactones) is 1. The standard InChI is InChI=1S/C21H20BrFN2O2/c1-15(16-3-7-18(22)8-4-16)25-14-12-21(11-2-13-24,27-20(25)26)17-5-9-19(23)10-6-17/h3-10,15H,2,11-12,14H2,1H3/t15-,21+/m0/s1. The monoisotopic (exact) mass is 430 g/mol. The summed E-state index contributed by atoms with van der Waals surface area (Å²) in [4.78, 5) is 14.5. The van der Waals surface area contributed by atoms with E-state index in [1.807, 2.05) is 31.2 Å². The molecule has 3 rings (SSSR count). The van der Waals surface area contributed by atoms with Gasteiger partial charge in [-0.25, -0.2) is 9.18 Å². The highest BCUT2D eigenvalue weighted by molar-refractivity contribution is 9.10. The summed E-state index contributed by atoms with van der Waals surface area (Å²) in [5.74, 6) is -0.346. The van der Waals surface area contributed by atoms with Crippen LogP contribution >= 0.6 is 15.9 Å². The van der Waals surface area contributed by atoms with E-state index < -0.39 is 11.7 Å². The third-order valence-corrected chi connectivity index (χ3v) is 5.63. The number of hydrogen-bond donors (Lipinski definition) is 0. The van der Waals surface area contributed by atoms with Crippen LogP contribution in [0.3, 0.4) is 0 Å². The SMILES string of the molecule is C[C@@H](c1ccc(Br)cc1)N1CC[C@](CCC#N)(c2ccc(F)cc2)OC1=O. The number of nitriles is 1. The van der Waals surface area contributed by atoms with E-state index >= 15 is 0 Å². The zero-order valence-corrected chi connectivity index (χ0v) is 16.6. The molecule has 4 nitrogen and oxygen atoms in total. The van der Waals surface area contributed by atoms with Gasteiger partial charge in [-0.2, -0.15) is 5.26 Å². The van der Waals surface area contributed by atoms with Crippen LogP contribution in [-0.4, -0.2) is 17.5 Å². The second-order valence-corrected chi connectivity index (χ2v) is 7.61. The van der Waals surface area contributed by atoms with Gasteiger partial charge in [0.1, 0.15) is 11.4 Å². The summed E-state index contributed by atoms with van der Waals surface area (Å²) in [6, 6.07) is 15.8. The van der Waals surface area contributed by atoms with Crippen molar-refractivity contribution in [1.29, 1.82) is 5.26 Å². The molecule has 1 aliphatic rings. The van der Waals surface area contributed by atoms with E-state index in [-0.39, 0.29) is 18.3 Å². The number of carbonyl (C=O) groups is 1. The maximum Gasteiger partial charge on any atom is 0.411 e. The van der Waals surface area contributed by atoms with Crippen LogP contribution in [0.2, 0.25) is 0 Å². The van der Waals surface area contributed by atoms with Crippen LogP contribution in [-0.2, 0) is 10.3 Å². The number of ether oxygens (including phenoxy) is 1. The maximum atomic E-state index is 13.3. The lowest BCUT2D eigenvalue weighted by Gasteiger charge is -2.43. The number of amides is 1. The molecule has 1 heterocycles. The maximum absolute atomic E-state index is 13.3. The Hall–Kier alpha value is -2.39. The largest absolute Gasteiger partial charge is 0.438 e. The first-order chi connectivity index (χ1) is 12.9. The highest BCUT2D eigenvalue weighted by atomic mass is 79.9. The van der Waals surface area contributed by atoms with Crippen LogP contribution in [0.15, 0.2) is 53.0 Å².